The van der Waals surface area contributed by atoms with Crippen LogP contribution in [0.5, 0.6) is 0 Å². The van der Waals surface area contributed by atoms with Crippen LogP contribution in [0.15, 0.2) is 0 Å². The highest BCUT2D eigenvalue weighted by Gasteiger charge is 2.26. The zero-order valence-corrected chi connectivity index (χ0v) is 6.45. The minimum Gasteiger partial charge on any atom is -0.330 e. The van der Waals surface area contributed by atoms with Crippen LogP contribution in [0.1, 0.15) is 20.8 Å². The summed E-state index contributed by atoms with van der Waals surface area (Å²) in [4.78, 5) is 0. The van der Waals surface area contributed by atoms with Crippen molar-refractivity contribution in [3.05, 3.63) is 0 Å². The summed E-state index contributed by atoms with van der Waals surface area (Å²) in [5, 5.41) is 0. The topological polar surface area (TPSA) is 26.0 Å². The van der Waals surface area contributed by atoms with Crippen molar-refractivity contribution in [3.63, 3.8) is 0 Å². The number of hydrogen-bond donors (Lipinski definition) is 1. The minimum absolute atomic E-state index is 0.306. The van der Waals surface area contributed by atoms with Crippen LogP contribution < -0.4 is 5.73 Å². The molecule has 0 amide bonds. The molecule has 0 heterocycles. The molecule has 1 unspecified atom stereocenters. The molecule has 0 radical (unpaired) electrons. The molecule has 0 rings (SSSR count). The van der Waals surface area contributed by atoms with Crippen LogP contribution in [-0.4, -0.2) is 13.2 Å². The Kier molecular flexibility index (Phi) is 3.12. The van der Waals surface area contributed by atoms with Crippen LogP contribution in [0.2, 0.25) is 0 Å². The lowest BCUT2D eigenvalue weighted by Gasteiger charge is -2.28. The van der Waals surface area contributed by atoms with E-state index >= 15 is 0 Å². The SMILES string of the molecule is CC(C)C(C)(CN)CF. The van der Waals surface area contributed by atoms with Crippen molar-refractivity contribution < 1.29 is 4.39 Å². The number of halogens is 1. The van der Waals surface area contributed by atoms with Crippen LogP contribution in [0.4, 0.5) is 4.39 Å². The summed E-state index contributed by atoms with van der Waals surface area (Å²) in [6.45, 7) is 5.97. The molecule has 0 bridgehead atoms. The van der Waals surface area contributed by atoms with Gasteiger partial charge in [0.05, 0.1) is 6.67 Å². The summed E-state index contributed by atoms with van der Waals surface area (Å²) < 4.78 is 12.2. The van der Waals surface area contributed by atoms with Gasteiger partial charge in [0.1, 0.15) is 0 Å². The normalized spacial score (nSPS) is 18.0. The van der Waals surface area contributed by atoms with Crippen LogP contribution in [0, 0.1) is 11.3 Å². The molecule has 0 fully saturated rings. The Morgan fingerprint density at radius 1 is 1.56 bits per heavy atom. The van der Waals surface area contributed by atoms with Crippen molar-refractivity contribution in [2.24, 2.45) is 17.1 Å². The van der Waals surface area contributed by atoms with E-state index in [2.05, 4.69) is 0 Å². The van der Waals surface area contributed by atoms with E-state index in [1.54, 1.807) is 0 Å². The third-order valence-corrected chi connectivity index (χ3v) is 2.17. The van der Waals surface area contributed by atoms with Crippen LogP contribution in [-0.2, 0) is 0 Å². The second-order valence-electron chi connectivity index (χ2n) is 3.15. The highest BCUT2D eigenvalue weighted by Crippen LogP contribution is 2.25. The maximum Gasteiger partial charge on any atom is 0.0962 e. The van der Waals surface area contributed by atoms with E-state index < -0.39 is 0 Å². The van der Waals surface area contributed by atoms with Gasteiger partial charge in [-0.05, 0) is 5.92 Å². The molecule has 0 saturated carbocycles. The Labute approximate surface area is 56.4 Å². The van der Waals surface area contributed by atoms with Gasteiger partial charge in [-0.15, -0.1) is 0 Å². The van der Waals surface area contributed by atoms with E-state index in [0.717, 1.165) is 0 Å². The Bertz CT molecular complexity index is 77.0. The molecular formula is C7H16FN. The van der Waals surface area contributed by atoms with Crippen LogP contribution >= 0.6 is 0 Å². The number of hydrogen-bond acceptors (Lipinski definition) is 1. The number of rotatable bonds is 3. The molecule has 0 aromatic rings. The molecule has 2 heteroatoms. The summed E-state index contributed by atoms with van der Waals surface area (Å²) in [6.07, 6.45) is 0. The van der Waals surface area contributed by atoms with Gasteiger partial charge in [-0.1, -0.05) is 20.8 Å². The molecule has 1 atom stereocenters. The first-order valence-electron chi connectivity index (χ1n) is 3.33. The van der Waals surface area contributed by atoms with E-state index in [-0.39, 0.29) is 12.1 Å². The minimum atomic E-state index is -0.318. The van der Waals surface area contributed by atoms with Gasteiger partial charge >= 0.3 is 0 Å². The lowest BCUT2D eigenvalue weighted by Crippen LogP contribution is -2.34. The van der Waals surface area contributed by atoms with Crippen molar-refractivity contribution in [1.29, 1.82) is 0 Å². The lowest BCUT2D eigenvalue weighted by atomic mass is 9.81. The number of alkyl halides is 1. The van der Waals surface area contributed by atoms with E-state index in [4.69, 9.17) is 5.73 Å². The van der Waals surface area contributed by atoms with Crippen molar-refractivity contribution in [2.75, 3.05) is 13.2 Å². The first-order valence-corrected chi connectivity index (χ1v) is 3.33. The van der Waals surface area contributed by atoms with Gasteiger partial charge in [-0.25, -0.2) is 0 Å². The third kappa shape index (κ3) is 1.94. The summed E-state index contributed by atoms with van der Waals surface area (Å²) in [5.74, 6) is 0.326. The average molecular weight is 133 g/mol. The zero-order valence-electron chi connectivity index (χ0n) is 6.45. The third-order valence-electron chi connectivity index (χ3n) is 2.17. The Balaban J connectivity index is 3.92. The fraction of sp³-hybridized carbons (Fsp3) is 1.00. The van der Waals surface area contributed by atoms with Crippen LogP contribution in [0.3, 0.4) is 0 Å². The molecule has 0 aliphatic rings. The Hall–Kier alpha value is -0.110. The van der Waals surface area contributed by atoms with Crippen molar-refractivity contribution in [2.45, 2.75) is 20.8 Å². The standard InChI is InChI=1S/C7H16FN/c1-6(2)7(3,4-8)5-9/h6H,4-5,9H2,1-3H3. The molecule has 0 aromatic carbocycles. The number of nitrogens with two attached hydrogens (primary N) is 1. The van der Waals surface area contributed by atoms with Crippen molar-refractivity contribution in [3.8, 4) is 0 Å². The molecule has 0 aromatic heterocycles. The Morgan fingerprint density at radius 2 is 2.00 bits per heavy atom. The Morgan fingerprint density at radius 3 is 2.00 bits per heavy atom. The van der Waals surface area contributed by atoms with Gasteiger partial charge in [0.25, 0.3) is 0 Å². The molecule has 0 aliphatic carbocycles. The molecule has 9 heavy (non-hydrogen) atoms. The quantitative estimate of drug-likeness (QED) is 0.621. The molecule has 0 aliphatic heterocycles. The van der Waals surface area contributed by atoms with Crippen LogP contribution in [0.25, 0.3) is 0 Å². The van der Waals surface area contributed by atoms with Gasteiger partial charge in [0.15, 0.2) is 0 Å². The predicted molar refractivity (Wildman–Crippen MR) is 38.0 cm³/mol. The second kappa shape index (κ2) is 3.16. The van der Waals surface area contributed by atoms with E-state index in [9.17, 15) is 4.39 Å². The maximum absolute atomic E-state index is 12.2. The molecule has 0 spiro atoms. The fourth-order valence-electron chi connectivity index (χ4n) is 0.445. The van der Waals surface area contributed by atoms with Gasteiger partial charge in [-0.3, -0.25) is 4.39 Å². The van der Waals surface area contributed by atoms with Crippen molar-refractivity contribution in [1.82, 2.24) is 0 Å². The first-order chi connectivity index (χ1) is 4.06. The molecular weight excluding hydrogens is 117 g/mol. The van der Waals surface area contributed by atoms with Gasteiger partial charge in [0.2, 0.25) is 0 Å². The van der Waals surface area contributed by atoms with Gasteiger partial charge < -0.3 is 5.73 Å². The second-order valence-corrected chi connectivity index (χ2v) is 3.15. The predicted octanol–water partition coefficient (Wildman–Crippen LogP) is 1.58. The molecule has 56 valence electrons. The molecule has 1 nitrogen and oxygen atoms in total. The van der Waals surface area contributed by atoms with E-state index in [1.165, 1.54) is 0 Å². The van der Waals surface area contributed by atoms with Gasteiger partial charge in [-0.2, -0.15) is 0 Å². The summed E-state index contributed by atoms with van der Waals surface area (Å²) in [6, 6.07) is 0. The van der Waals surface area contributed by atoms with Gasteiger partial charge in [0, 0.05) is 12.0 Å². The first kappa shape index (κ1) is 8.89. The lowest BCUT2D eigenvalue weighted by molar-refractivity contribution is 0.167. The largest absolute Gasteiger partial charge is 0.330 e. The smallest absolute Gasteiger partial charge is 0.0962 e. The maximum atomic E-state index is 12.2. The highest BCUT2D eigenvalue weighted by atomic mass is 19.1. The summed E-state index contributed by atoms with van der Waals surface area (Å²) in [5.41, 5.74) is 5.07. The summed E-state index contributed by atoms with van der Waals surface area (Å²) in [7, 11) is 0. The average Bonchev–Trinajstić information content (AvgIpc) is 1.86. The monoisotopic (exact) mass is 133 g/mol. The highest BCUT2D eigenvalue weighted by molar-refractivity contribution is 4.77. The molecule has 2 N–H and O–H groups in total. The fourth-order valence-corrected chi connectivity index (χ4v) is 0.445. The zero-order chi connectivity index (χ0) is 7.49. The molecule has 0 saturated heterocycles. The van der Waals surface area contributed by atoms with E-state index in [1.807, 2.05) is 20.8 Å². The van der Waals surface area contributed by atoms with Crippen molar-refractivity contribution >= 4 is 0 Å². The summed E-state index contributed by atoms with van der Waals surface area (Å²) >= 11 is 0. The van der Waals surface area contributed by atoms with E-state index in [0.29, 0.717) is 12.5 Å².